The highest BCUT2D eigenvalue weighted by Gasteiger charge is 2.23. The Balaban J connectivity index is 1.36. The Labute approximate surface area is 228 Å². The summed E-state index contributed by atoms with van der Waals surface area (Å²) in [6, 6.07) is 19.3. The Morgan fingerprint density at radius 3 is 2.46 bits per heavy atom. The molecule has 0 saturated carbocycles. The first-order valence-corrected chi connectivity index (χ1v) is 12.9. The van der Waals surface area contributed by atoms with Gasteiger partial charge in [-0.15, -0.1) is 0 Å². The maximum absolute atomic E-state index is 13.1. The number of phenolic OH excluding ortho intramolecular Hbond substituents is 1. The number of halogens is 1. The minimum Gasteiger partial charge on any atom is -0.507 e. The van der Waals surface area contributed by atoms with E-state index in [-0.39, 0.29) is 16.9 Å². The van der Waals surface area contributed by atoms with Gasteiger partial charge in [-0.3, -0.25) is 4.90 Å². The Morgan fingerprint density at radius 1 is 0.897 bits per heavy atom. The van der Waals surface area contributed by atoms with Crippen LogP contribution in [0.15, 0.2) is 85.2 Å². The van der Waals surface area contributed by atoms with Crippen LogP contribution in [0.2, 0.25) is 5.02 Å². The molecule has 8 nitrogen and oxygen atoms in total. The molecule has 3 aromatic carbocycles. The lowest BCUT2D eigenvalue weighted by Crippen LogP contribution is -2.46. The summed E-state index contributed by atoms with van der Waals surface area (Å²) in [5.41, 5.74) is 1.52. The van der Waals surface area contributed by atoms with Crippen LogP contribution in [0.1, 0.15) is 5.56 Å². The van der Waals surface area contributed by atoms with Crippen molar-refractivity contribution < 1.29 is 18.7 Å². The van der Waals surface area contributed by atoms with Gasteiger partial charge in [-0.05, 0) is 42.5 Å². The summed E-state index contributed by atoms with van der Waals surface area (Å²) in [5, 5.41) is 12.7. The fraction of sp³-hybridized carbons (Fsp3) is 0.200. The van der Waals surface area contributed by atoms with Crippen LogP contribution in [-0.2, 0) is 6.54 Å². The highest BCUT2D eigenvalue weighted by Crippen LogP contribution is 2.35. The summed E-state index contributed by atoms with van der Waals surface area (Å²) in [5.74, 6) is 0.464. The third-order valence-electron chi connectivity index (χ3n) is 7.15. The number of methoxy groups -OCH3 is 1. The standard InChI is InChI=1S/C30H25ClN2O6/c1-37-26-7-2-4-18-14-23(30(36)39-28(18)26)22-16-27(35)38-29-21(22)8-9-25(34)24(29)17-32-10-12-33(13-11-32)20-6-3-5-19(31)15-20/h2-9,14-16,34H,10-13,17H2,1H3. The van der Waals surface area contributed by atoms with E-state index in [1.54, 1.807) is 36.4 Å². The van der Waals surface area contributed by atoms with Gasteiger partial charge in [0.25, 0.3) is 0 Å². The number of anilines is 1. The predicted molar refractivity (Wildman–Crippen MR) is 151 cm³/mol. The first-order chi connectivity index (χ1) is 18.9. The molecule has 2 aromatic heterocycles. The maximum Gasteiger partial charge on any atom is 0.344 e. The van der Waals surface area contributed by atoms with Crippen molar-refractivity contribution in [1.29, 1.82) is 0 Å². The van der Waals surface area contributed by atoms with Crippen LogP contribution in [0, 0.1) is 0 Å². The number of fused-ring (bicyclic) bond motifs is 2. The van der Waals surface area contributed by atoms with E-state index in [4.69, 9.17) is 25.2 Å². The van der Waals surface area contributed by atoms with Crippen LogP contribution < -0.4 is 20.9 Å². The van der Waals surface area contributed by atoms with Gasteiger partial charge in [0, 0.05) is 65.8 Å². The zero-order valence-corrected chi connectivity index (χ0v) is 21.9. The minimum atomic E-state index is -0.625. The molecule has 6 rings (SSSR count). The topological polar surface area (TPSA) is 96.4 Å². The second kappa shape index (κ2) is 10.1. The first-order valence-electron chi connectivity index (χ1n) is 12.5. The molecule has 1 aliphatic heterocycles. The largest absolute Gasteiger partial charge is 0.507 e. The summed E-state index contributed by atoms with van der Waals surface area (Å²) < 4.78 is 16.5. The van der Waals surface area contributed by atoms with Gasteiger partial charge in [-0.2, -0.15) is 0 Å². The van der Waals surface area contributed by atoms with Crippen molar-refractivity contribution in [2.24, 2.45) is 0 Å². The molecule has 5 aromatic rings. The molecule has 0 atom stereocenters. The Hall–Kier alpha value is -4.27. The maximum atomic E-state index is 13.1. The van der Waals surface area contributed by atoms with Crippen molar-refractivity contribution in [3.8, 4) is 22.6 Å². The second-order valence-corrected chi connectivity index (χ2v) is 9.92. The fourth-order valence-electron chi connectivity index (χ4n) is 5.17. The molecule has 0 aliphatic carbocycles. The highest BCUT2D eigenvalue weighted by molar-refractivity contribution is 6.30. The number of hydrogen-bond acceptors (Lipinski definition) is 8. The quantitative estimate of drug-likeness (QED) is 0.299. The third-order valence-corrected chi connectivity index (χ3v) is 7.39. The van der Waals surface area contributed by atoms with Gasteiger partial charge in [0.1, 0.15) is 11.3 Å². The Bertz CT molecular complexity index is 1820. The van der Waals surface area contributed by atoms with E-state index < -0.39 is 11.3 Å². The molecule has 0 radical (unpaired) electrons. The summed E-state index contributed by atoms with van der Waals surface area (Å²) >= 11 is 6.16. The predicted octanol–water partition coefficient (Wildman–Crippen LogP) is 5.26. The van der Waals surface area contributed by atoms with E-state index in [2.05, 4.69) is 9.80 Å². The lowest BCUT2D eigenvalue weighted by molar-refractivity contribution is 0.246. The highest BCUT2D eigenvalue weighted by atomic mass is 35.5. The normalized spacial score (nSPS) is 14.3. The van der Waals surface area contributed by atoms with E-state index in [0.29, 0.717) is 44.8 Å². The zero-order valence-electron chi connectivity index (χ0n) is 21.1. The van der Waals surface area contributed by atoms with Crippen molar-refractivity contribution >= 4 is 39.2 Å². The molecule has 39 heavy (non-hydrogen) atoms. The van der Waals surface area contributed by atoms with Gasteiger partial charge in [0.15, 0.2) is 11.3 Å². The molecule has 198 valence electrons. The van der Waals surface area contributed by atoms with Crippen LogP contribution in [0.4, 0.5) is 5.69 Å². The van der Waals surface area contributed by atoms with Crippen LogP contribution in [0.25, 0.3) is 33.1 Å². The van der Waals surface area contributed by atoms with E-state index >= 15 is 0 Å². The SMILES string of the molecule is COc1cccc2cc(-c3cc(=O)oc4c(CN5CCN(c6cccc(Cl)c6)CC5)c(O)ccc34)c(=O)oc12. The first kappa shape index (κ1) is 25.0. The minimum absolute atomic E-state index is 0.0235. The Morgan fingerprint density at radius 2 is 1.69 bits per heavy atom. The monoisotopic (exact) mass is 544 g/mol. The molecule has 9 heteroatoms. The summed E-state index contributed by atoms with van der Waals surface area (Å²) in [4.78, 5) is 30.2. The van der Waals surface area contributed by atoms with E-state index in [0.717, 1.165) is 31.9 Å². The van der Waals surface area contributed by atoms with Crippen molar-refractivity contribution in [3.63, 3.8) is 0 Å². The third kappa shape index (κ3) is 4.73. The van der Waals surface area contributed by atoms with Crippen molar-refractivity contribution in [2.75, 3.05) is 38.2 Å². The molecule has 1 fully saturated rings. The molecule has 0 bridgehead atoms. The van der Waals surface area contributed by atoms with Gasteiger partial charge < -0.3 is 23.6 Å². The lowest BCUT2D eigenvalue weighted by atomic mass is 9.99. The summed E-state index contributed by atoms with van der Waals surface area (Å²) in [6.07, 6.45) is 0. The molecular weight excluding hydrogens is 520 g/mol. The van der Waals surface area contributed by atoms with Gasteiger partial charge in [0.05, 0.1) is 18.2 Å². The van der Waals surface area contributed by atoms with E-state index in [9.17, 15) is 14.7 Å². The second-order valence-electron chi connectivity index (χ2n) is 9.49. The van der Waals surface area contributed by atoms with Crippen molar-refractivity contribution in [1.82, 2.24) is 4.90 Å². The summed E-state index contributed by atoms with van der Waals surface area (Å²) in [6.45, 7) is 3.42. The average Bonchev–Trinajstić information content (AvgIpc) is 2.94. The molecule has 0 amide bonds. The average molecular weight is 545 g/mol. The van der Waals surface area contributed by atoms with E-state index in [1.807, 2.05) is 24.3 Å². The Kier molecular flexibility index (Phi) is 6.50. The molecule has 3 heterocycles. The van der Waals surface area contributed by atoms with Gasteiger partial charge in [-0.25, -0.2) is 9.59 Å². The lowest BCUT2D eigenvalue weighted by Gasteiger charge is -2.36. The number of hydrogen-bond donors (Lipinski definition) is 1. The van der Waals surface area contributed by atoms with Crippen molar-refractivity contribution in [2.45, 2.75) is 6.54 Å². The molecule has 1 N–H and O–H groups in total. The summed E-state index contributed by atoms with van der Waals surface area (Å²) in [7, 11) is 1.50. The van der Waals surface area contributed by atoms with Crippen LogP contribution in [-0.4, -0.2) is 43.3 Å². The van der Waals surface area contributed by atoms with E-state index in [1.165, 1.54) is 13.2 Å². The van der Waals surface area contributed by atoms with Gasteiger partial charge in [0.2, 0.25) is 0 Å². The fourth-order valence-corrected chi connectivity index (χ4v) is 5.36. The zero-order chi connectivity index (χ0) is 27.1. The number of nitrogens with zero attached hydrogens (tertiary/aromatic N) is 2. The van der Waals surface area contributed by atoms with Crippen LogP contribution in [0.3, 0.4) is 0 Å². The number of rotatable bonds is 5. The van der Waals surface area contributed by atoms with Crippen molar-refractivity contribution in [3.05, 3.63) is 98.2 Å². The van der Waals surface area contributed by atoms with Crippen LogP contribution >= 0.6 is 11.6 Å². The number of para-hydroxylation sites is 1. The number of aromatic hydroxyl groups is 1. The molecule has 0 unspecified atom stereocenters. The van der Waals surface area contributed by atoms with Gasteiger partial charge >= 0.3 is 11.3 Å². The molecule has 1 aliphatic rings. The van der Waals surface area contributed by atoms with Crippen LogP contribution in [0.5, 0.6) is 11.5 Å². The number of benzene rings is 3. The molecule has 1 saturated heterocycles. The molecular formula is C30H25ClN2O6. The number of ether oxygens (including phenoxy) is 1. The number of piperazine rings is 1. The number of phenols is 1. The molecule has 0 spiro atoms. The van der Waals surface area contributed by atoms with Gasteiger partial charge in [-0.1, -0.05) is 29.8 Å². The smallest absolute Gasteiger partial charge is 0.344 e.